The zero-order valence-corrected chi connectivity index (χ0v) is 15.6. The molecule has 2 aliphatic heterocycles. The number of carboxylic acids is 1. The fourth-order valence-electron chi connectivity index (χ4n) is 3.84. The number of nitrogens with zero attached hydrogens (tertiary/aromatic N) is 2. The summed E-state index contributed by atoms with van der Waals surface area (Å²) in [6, 6.07) is 6.26. The molecule has 2 aliphatic rings. The van der Waals surface area contributed by atoms with Crippen molar-refractivity contribution in [3.63, 3.8) is 0 Å². The van der Waals surface area contributed by atoms with Crippen molar-refractivity contribution >= 4 is 23.6 Å². The van der Waals surface area contributed by atoms with Crippen LogP contribution in [-0.2, 0) is 9.59 Å². The van der Waals surface area contributed by atoms with E-state index in [4.69, 9.17) is 4.74 Å². The topological polar surface area (TPSA) is 99.2 Å². The molecule has 3 atom stereocenters. The molecule has 1 aromatic carbocycles. The number of piperidine rings is 1. The van der Waals surface area contributed by atoms with Gasteiger partial charge < -0.3 is 25.0 Å². The Kier molecular flexibility index (Phi) is 5.53. The summed E-state index contributed by atoms with van der Waals surface area (Å²) in [5.41, 5.74) is 0.680. The number of likely N-dealkylation sites (tertiary alicyclic amines) is 1. The number of benzene rings is 1. The van der Waals surface area contributed by atoms with Crippen LogP contribution in [0, 0.1) is 11.8 Å². The number of carboxylic acid groups (broad SMARTS) is 1. The highest BCUT2D eigenvalue weighted by Crippen LogP contribution is 2.31. The summed E-state index contributed by atoms with van der Waals surface area (Å²) in [4.78, 5) is 39.8. The van der Waals surface area contributed by atoms with Crippen molar-refractivity contribution in [2.45, 2.75) is 25.8 Å². The van der Waals surface area contributed by atoms with Crippen molar-refractivity contribution in [3.8, 4) is 5.75 Å². The third-order valence-corrected chi connectivity index (χ3v) is 5.18. The molecule has 8 heteroatoms. The lowest BCUT2D eigenvalue weighted by Gasteiger charge is -2.35. The highest BCUT2D eigenvalue weighted by molar-refractivity contribution is 6.02. The number of nitrogens with one attached hydrogen (secondary N) is 1. The number of urea groups is 1. The molecule has 0 radical (unpaired) electrons. The summed E-state index contributed by atoms with van der Waals surface area (Å²) in [5, 5.41) is 12.0. The standard InChI is InChI=1S/C19H25N3O5/c1-12-9-13(18(24)25)11-21(10-12)19(26)20-14-7-8-22(17(14)23)15-5-3-4-6-16(15)27-2/h3-6,12-14H,7-11H2,1-2H3,(H,20,26)(H,24,25). The van der Waals surface area contributed by atoms with Crippen LogP contribution in [0.4, 0.5) is 10.5 Å². The van der Waals surface area contributed by atoms with Gasteiger partial charge in [0.1, 0.15) is 11.8 Å². The minimum absolute atomic E-state index is 0.106. The van der Waals surface area contributed by atoms with Crippen LogP contribution < -0.4 is 15.0 Å². The van der Waals surface area contributed by atoms with Crippen molar-refractivity contribution in [3.05, 3.63) is 24.3 Å². The van der Waals surface area contributed by atoms with Gasteiger partial charge in [-0.25, -0.2) is 4.79 Å². The maximum Gasteiger partial charge on any atom is 0.318 e. The molecule has 3 unspecified atom stereocenters. The van der Waals surface area contributed by atoms with Crippen LogP contribution in [0.3, 0.4) is 0 Å². The second-order valence-electron chi connectivity index (χ2n) is 7.23. The average molecular weight is 375 g/mol. The smallest absolute Gasteiger partial charge is 0.318 e. The number of carbonyl (C=O) groups is 3. The predicted molar refractivity (Wildman–Crippen MR) is 98.8 cm³/mol. The van der Waals surface area contributed by atoms with E-state index in [1.54, 1.807) is 18.1 Å². The molecular weight excluding hydrogens is 350 g/mol. The molecule has 0 spiro atoms. The Balaban J connectivity index is 1.65. The molecule has 2 N–H and O–H groups in total. The number of hydrogen-bond acceptors (Lipinski definition) is 4. The lowest BCUT2D eigenvalue weighted by Crippen LogP contribution is -2.53. The number of ether oxygens (including phenoxy) is 1. The van der Waals surface area contributed by atoms with Gasteiger partial charge in [0.05, 0.1) is 18.7 Å². The third-order valence-electron chi connectivity index (χ3n) is 5.18. The van der Waals surface area contributed by atoms with Gasteiger partial charge in [-0.2, -0.15) is 0 Å². The Hall–Kier alpha value is -2.77. The molecule has 0 saturated carbocycles. The first kappa shape index (κ1) is 19.0. The van der Waals surface area contributed by atoms with Gasteiger partial charge in [-0.15, -0.1) is 0 Å². The Morgan fingerprint density at radius 2 is 2.00 bits per heavy atom. The zero-order valence-electron chi connectivity index (χ0n) is 15.6. The SMILES string of the molecule is COc1ccccc1N1CCC(NC(=O)N2CC(C)CC(C(=O)O)C2)C1=O. The fourth-order valence-corrected chi connectivity index (χ4v) is 3.84. The monoisotopic (exact) mass is 375 g/mol. The van der Waals surface area contributed by atoms with Crippen molar-refractivity contribution in [2.24, 2.45) is 11.8 Å². The first-order chi connectivity index (χ1) is 12.9. The summed E-state index contributed by atoms with van der Waals surface area (Å²) < 4.78 is 5.32. The number of aliphatic carboxylic acids is 1. The van der Waals surface area contributed by atoms with Crippen molar-refractivity contribution in [2.75, 3.05) is 31.6 Å². The second-order valence-corrected chi connectivity index (χ2v) is 7.23. The van der Waals surface area contributed by atoms with E-state index in [2.05, 4.69) is 5.32 Å². The summed E-state index contributed by atoms with van der Waals surface area (Å²) >= 11 is 0. The number of carbonyl (C=O) groups excluding carboxylic acids is 2. The molecule has 0 aromatic heterocycles. The number of rotatable bonds is 4. The van der Waals surface area contributed by atoms with Crippen LogP contribution >= 0.6 is 0 Å². The molecule has 146 valence electrons. The van der Waals surface area contributed by atoms with Gasteiger partial charge in [0.15, 0.2) is 0 Å². The number of amides is 3. The van der Waals surface area contributed by atoms with Gasteiger partial charge in [-0.1, -0.05) is 19.1 Å². The summed E-state index contributed by atoms with van der Waals surface area (Å²) in [5.74, 6) is -0.933. The van der Waals surface area contributed by atoms with Crippen LogP contribution in [0.5, 0.6) is 5.75 Å². The first-order valence-electron chi connectivity index (χ1n) is 9.13. The average Bonchev–Trinajstić information content (AvgIpc) is 3.01. The molecule has 0 aliphatic carbocycles. The molecule has 1 aromatic rings. The van der Waals surface area contributed by atoms with Crippen LogP contribution in [0.1, 0.15) is 19.8 Å². The second kappa shape index (κ2) is 7.85. The van der Waals surface area contributed by atoms with Gasteiger partial charge in [0, 0.05) is 19.6 Å². The van der Waals surface area contributed by atoms with Crippen LogP contribution in [0.2, 0.25) is 0 Å². The number of anilines is 1. The summed E-state index contributed by atoms with van der Waals surface area (Å²) in [6.07, 6.45) is 1.05. The quantitative estimate of drug-likeness (QED) is 0.832. The molecule has 2 saturated heterocycles. The Morgan fingerprint density at radius 3 is 2.70 bits per heavy atom. The molecule has 27 heavy (non-hydrogen) atoms. The van der Waals surface area contributed by atoms with E-state index in [0.717, 1.165) is 0 Å². The van der Waals surface area contributed by atoms with Crippen molar-refractivity contribution in [1.82, 2.24) is 10.2 Å². The van der Waals surface area contributed by atoms with E-state index in [1.807, 2.05) is 25.1 Å². The normalized spacial score (nSPS) is 25.4. The molecule has 0 bridgehead atoms. The number of para-hydroxylation sites is 2. The molecule has 2 fully saturated rings. The van der Waals surface area contributed by atoms with Gasteiger partial charge in [0.25, 0.3) is 0 Å². The van der Waals surface area contributed by atoms with Crippen molar-refractivity contribution < 1.29 is 24.2 Å². The van der Waals surface area contributed by atoms with E-state index in [9.17, 15) is 19.5 Å². The predicted octanol–water partition coefficient (Wildman–Crippen LogP) is 1.55. The maximum absolute atomic E-state index is 12.8. The van der Waals surface area contributed by atoms with Crippen molar-refractivity contribution in [1.29, 1.82) is 0 Å². The number of hydrogen-bond donors (Lipinski definition) is 2. The number of methoxy groups -OCH3 is 1. The Morgan fingerprint density at radius 1 is 1.26 bits per heavy atom. The van der Waals surface area contributed by atoms with E-state index < -0.39 is 17.9 Å². The first-order valence-corrected chi connectivity index (χ1v) is 9.13. The van der Waals surface area contributed by atoms with Gasteiger partial charge in [0.2, 0.25) is 5.91 Å². The minimum atomic E-state index is -0.890. The van der Waals surface area contributed by atoms with E-state index in [1.165, 1.54) is 4.90 Å². The highest BCUT2D eigenvalue weighted by Gasteiger charge is 2.37. The van der Waals surface area contributed by atoms with Gasteiger partial charge in [-0.3, -0.25) is 9.59 Å². The maximum atomic E-state index is 12.8. The third kappa shape index (κ3) is 3.99. The molecule has 8 nitrogen and oxygen atoms in total. The van der Waals surface area contributed by atoms with Crippen LogP contribution in [0.15, 0.2) is 24.3 Å². The van der Waals surface area contributed by atoms with Crippen LogP contribution in [-0.4, -0.2) is 60.7 Å². The highest BCUT2D eigenvalue weighted by atomic mass is 16.5. The molecule has 3 rings (SSSR count). The largest absolute Gasteiger partial charge is 0.495 e. The molecule has 2 heterocycles. The zero-order chi connectivity index (χ0) is 19.6. The Labute approximate surface area is 158 Å². The summed E-state index contributed by atoms with van der Waals surface area (Å²) in [6.45, 7) is 3.08. The molecule has 3 amide bonds. The summed E-state index contributed by atoms with van der Waals surface area (Å²) in [7, 11) is 1.55. The van der Waals surface area contributed by atoms with E-state index in [-0.39, 0.29) is 24.4 Å². The van der Waals surface area contributed by atoms with Gasteiger partial charge in [-0.05, 0) is 30.9 Å². The lowest BCUT2D eigenvalue weighted by atomic mass is 9.91. The van der Waals surface area contributed by atoms with E-state index in [0.29, 0.717) is 37.4 Å². The van der Waals surface area contributed by atoms with Gasteiger partial charge >= 0.3 is 12.0 Å². The lowest BCUT2D eigenvalue weighted by molar-refractivity contribution is -0.143. The van der Waals surface area contributed by atoms with E-state index >= 15 is 0 Å². The molecular formula is C19H25N3O5. The Bertz CT molecular complexity index is 738. The van der Waals surface area contributed by atoms with Crippen LogP contribution in [0.25, 0.3) is 0 Å². The fraction of sp³-hybridized carbons (Fsp3) is 0.526. The minimum Gasteiger partial charge on any atom is -0.495 e.